The molecule has 0 bridgehead atoms. The topological polar surface area (TPSA) is 111 Å². The quantitative estimate of drug-likeness (QED) is 0.676. The molecule has 2 atom stereocenters. The maximum Gasteiger partial charge on any atom is 0.325 e. The van der Waals surface area contributed by atoms with Crippen molar-refractivity contribution in [1.82, 2.24) is 14.9 Å². The number of ether oxygens (including phenoxy) is 1. The van der Waals surface area contributed by atoms with E-state index < -0.39 is 44.8 Å². The Labute approximate surface area is 169 Å². The van der Waals surface area contributed by atoms with Crippen molar-refractivity contribution in [2.24, 2.45) is 5.92 Å². The van der Waals surface area contributed by atoms with E-state index >= 15 is 0 Å². The summed E-state index contributed by atoms with van der Waals surface area (Å²) in [6.07, 6.45) is -0.884. The zero-order valence-electron chi connectivity index (χ0n) is 17.3. The Morgan fingerprint density at radius 2 is 1.83 bits per heavy atom. The van der Waals surface area contributed by atoms with Gasteiger partial charge in [0.2, 0.25) is 10.0 Å². The summed E-state index contributed by atoms with van der Waals surface area (Å²) in [5.41, 5.74) is -0.346. The van der Waals surface area contributed by atoms with Crippen LogP contribution in [0.2, 0.25) is 0 Å². The van der Waals surface area contributed by atoms with Crippen LogP contribution in [-0.2, 0) is 25.0 Å². The summed E-state index contributed by atoms with van der Waals surface area (Å²) in [4.78, 5) is 16.3. The van der Waals surface area contributed by atoms with E-state index in [1.807, 2.05) is 20.8 Å². The minimum absolute atomic E-state index is 0.0998. The molecule has 1 aromatic carbocycles. The van der Waals surface area contributed by atoms with Crippen molar-refractivity contribution < 1.29 is 26.9 Å². The Bertz CT molecular complexity index is 966. The lowest BCUT2D eigenvalue weighted by atomic mass is 9.96. The van der Waals surface area contributed by atoms with Crippen LogP contribution in [0.3, 0.4) is 0 Å². The molecule has 1 heterocycles. The van der Waals surface area contributed by atoms with Crippen LogP contribution in [0, 0.1) is 11.7 Å². The SMILES string of the molecule is CC(OC(=O)[C@@H](NS(=O)(=O)c1ccccc1F)C(C)C)c1nc(C(C)(C)C)no1. The van der Waals surface area contributed by atoms with Crippen LogP contribution in [0.5, 0.6) is 0 Å². The van der Waals surface area contributed by atoms with Crippen molar-refractivity contribution in [3.05, 3.63) is 41.8 Å². The van der Waals surface area contributed by atoms with Crippen molar-refractivity contribution in [1.29, 1.82) is 0 Å². The highest BCUT2D eigenvalue weighted by Crippen LogP contribution is 2.23. The lowest BCUT2D eigenvalue weighted by molar-refractivity contribution is -0.153. The number of benzene rings is 1. The Kier molecular flexibility index (Phi) is 6.79. The molecule has 0 amide bonds. The average Bonchev–Trinajstić information content (AvgIpc) is 3.10. The monoisotopic (exact) mass is 427 g/mol. The molecule has 1 N–H and O–H groups in total. The van der Waals surface area contributed by atoms with Gasteiger partial charge < -0.3 is 9.26 Å². The number of nitrogens with one attached hydrogen (secondary N) is 1. The van der Waals surface area contributed by atoms with E-state index in [-0.39, 0.29) is 11.3 Å². The molecule has 0 aliphatic carbocycles. The van der Waals surface area contributed by atoms with Crippen molar-refractivity contribution in [2.45, 2.75) is 64.0 Å². The van der Waals surface area contributed by atoms with Gasteiger partial charge in [-0.25, -0.2) is 12.8 Å². The second-order valence-corrected chi connectivity index (χ2v) is 9.74. The number of rotatable bonds is 7. The Morgan fingerprint density at radius 1 is 1.21 bits per heavy atom. The maximum absolute atomic E-state index is 13.9. The summed E-state index contributed by atoms with van der Waals surface area (Å²) in [6, 6.07) is 3.69. The third kappa shape index (κ3) is 5.60. The van der Waals surface area contributed by atoms with E-state index in [4.69, 9.17) is 9.26 Å². The van der Waals surface area contributed by atoms with E-state index in [9.17, 15) is 17.6 Å². The van der Waals surface area contributed by atoms with Crippen molar-refractivity contribution >= 4 is 16.0 Å². The minimum atomic E-state index is -4.27. The third-order valence-electron chi connectivity index (χ3n) is 4.08. The standard InChI is InChI=1S/C19H26FN3O5S/c1-11(2)15(23-29(25,26)14-10-8-7-9-13(14)20)17(24)27-12(3)16-21-18(22-28-16)19(4,5)6/h7-12,15,23H,1-6H3/t12?,15-/m0/s1. The molecule has 1 aromatic heterocycles. The van der Waals surface area contributed by atoms with Gasteiger partial charge in [0.1, 0.15) is 16.8 Å². The van der Waals surface area contributed by atoms with Crippen LogP contribution in [0.1, 0.15) is 59.4 Å². The molecule has 0 aliphatic heterocycles. The normalized spacial score (nSPS) is 14.6. The molecule has 160 valence electrons. The first kappa shape index (κ1) is 23.0. The van der Waals surface area contributed by atoms with Crippen molar-refractivity contribution in [3.8, 4) is 0 Å². The van der Waals surface area contributed by atoms with Gasteiger partial charge in [0, 0.05) is 5.41 Å². The van der Waals surface area contributed by atoms with E-state index in [1.165, 1.54) is 12.1 Å². The summed E-state index contributed by atoms with van der Waals surface area (Å²) >= 11 is 0. The molecule has 8 nitrogen and oxygen atoms in total. The summed E-state index contributed by atoms with van der Waals surface area (Å²) < 4.78 is 51.7. The number of carbonyl (C=O) groups excluding carboxylic acids is 1. The highest BCUT2D eigenvalue weighted by molar-refractivity contribution is 7.89. The second kappa shape index (κ2) is 8.58. The van der Waals surface area contributed by atoms with Crippen LogP contribution < -0.4 is 4.72 Å². The molecule has 2 aromatic rings. The van der Waals surface area contributed by atoms with E-state index in [1.54, 1.807) is 20.8 Å². The highest BCUT2D eigenvalue weighted by atomic mass is 32.2. The van der Waals surface area contributed by atoms with Gasteiger partial charge in [-0.05, 0) is 25.0 Å². The van der Waals surface area contributed by atoms with Gasteiger partial charge in [0.25, 0.3) is 5.89 Å². The Balaban J connectivity index is 2.17. The first-order chi connectivity index (χ1) is 13.3. The van der Waals surface area contributed by atoms with Gasteiger partial charge in [0.15, 0.2) is 11.9 Å². The van der Waals surface area contributed by atoms with Crippen LogP contribution in [0.4, 0.5) is 4.39 Å². The van der Waals surface area contributed by atoms with Gasteiger partial charge in [0.05, 0.1) is 0 Å². The molecule has 0 spiro atoms. The van der Waals surface area contributed by atoms with Crippen LogP contribution >= 0.6 is 0 Å². The molecule has 10 heteroatoms. The molecular weight excluding hydrogens is 401 g/mol. The lowest BCUT2D eigenvalue weighted by Crippen LogP contribution is -2.45. The number of halogens is 1. The van der Waals surface area contributed by atoms with Crippen molar-refractivity contribution in [3.63, 3.8) is 0 Å². The molecule has 0 saturated carbocycles. The molecule has 0 radical (unpaired) electrons. The van der Waals surface area contributed by atoms with E-state index in [2.05, 4.69) is 14.9 Å². The Hall–Kier alpha value is -2.33. The third-order valence-corrected chi connectivity index (χ3v) is 5.56. The van der Waals surface area contributed by atoms with E-state index in [0.717, 1.165) is 12.1 Å². The van der Waals surface area contributed by atoms with Gasteiger partial charge in [-0.1, -0.05) is 51.9 Å². The zero-order valence-corrected chi connectivity index (χ0v) is 18.1. The fourth-order valence-corrected chi connectivity index (χ4v) is 3.76. The first-order valence-corrected chi connectivity index (χ1v) is 10.6. The van der Waals surface area contributed by atoms with Crippen LogP contribution in [0.25, 0.3) is 0 Å². The number of hydrogen-bond acceptors (Lipinski definition) is 7. The summed E-state index contributed by atoms with van der Waals surface area (Å²) in [7, 11) is -4.27. The maximum atomic E-state index is 13.9. The van der Waals surface area contributed by atoms with Gasteiger partial charge >= 0.3 is 5.97 Å². The summed E-state index contributed by atoms with van der Waals surface area (Å²) in [5.74, 6) is -1.64. The van der Waals surface area contributed by atoms with Crippen LogP contribution in [0.15, 0.2) is 33.7 Å². The smallest absolute Gasteiger partial charge is 0.325 e. The van der Waals surface area contributed by atoms with Gasteiger partial charge in [-0.2, -0.15) is 9.71 Å². The Morgan fingerprint density at radius 3 is 2.34 bits per heavy atom. The predicted molar refractivity (Wildman–Crippen MR) is 103 cm³/mol. The van der Waals surface area contributed by atoms with E-state index in [0.29, 0.717) is 5.82 Å². The number of esters is 1. The molecule has 2 rings (SSSR count). The predicted octanol–water partition coefficient (Wildman–Crippen LogP) is 3.11. The largest absolute Gasteiger partial charge is 0.451 e. The molecule has 29 heavy (non-hydrogen) atoms. The number of sulfonamides is 1. The molecule has 1 unspecified atom stereocenters. The second-order valence-electron chi connectivity index (χ2n) is 8.06. The molecule has 0 fully saturated rings. The first-order valence-electron chi connectivity index (χ1n) is 9.14. The number of carbonyl (C=O) groups is 1. The number of hydrogen-bond donors (Lipinski definition) is 1. The molecular formula is C19H26FN3O5S. The molecule has 0 aliphatic rings. The highest BCUT2D eigenvalue weighted by Gasteiger charge is 2.33. The average molecular weight is 427 g/mol. The summed E-state index contributed by atoms with van der Waals surface area (Å²) in [5, 5.41) is 3.87. The molecule has 0 saturated heterocycles. The lowest BCUT2D eigenvalue weighted by Gasteiger charge is -2.22. The fourth-order valence-electron chi connectivity index (χ4n) is 2.35. The summed E-state index contributed by atoms with van der Waals surface area (Å²) in [6.45, 7) is 10.6. The zero-order chi connectivity index (χ0) is 22.0. The van der Waals surface area contributed by atoms with Crippen LogP contribution in [-0.4, -0.2) is 30.6 Å². The fraction of sp³-hybridized carbons (Fsp3) is 0.526. The van der Waals surface area contributed by atoms with Gasteiger partial charge in [-0.3, -0.25) is 4.79 Å². The minimum Gasteiger partial charge on any atom is -0.451 e. The van der Waals surface area contributed by atoms with Gasteiger partial charge in [-0.15, -0.1) is 0 Å². The van der Waals surface area contributed by atoms with Crippen molar-refractivity contribution in [2.75, 3.05) is 0 Å². The number of aromatic nitrogens is 2. The number of nitrogens with zero attached hydrogens (tertiary/aromatic N) is 2.